The van der Waals surface area contributed by atoms with Gasteiger partial charge in [-0.05, 0) is 35.4 Å². The van der Waals surface area contributed by atoms with E-state index in [9.17, 15) is 28.8 Å². The first-order valence-corrected chi connectivity index (χ1v) is 12.4. The number of aromatic nitrogens is 3. The minimum absolute atomic E-state index is 0.0446. The smallest absolute Gasteiger partial charge is 0.336 e. The van der Waals surface area contributed by atoms with Gasteiger partial charge < -0.3 is 14.2 Å². The number of carbonyl (C=O) groups is 3. The Bertz CT molecular complexity index is 956. The molecule has 1 rings (SSSR count). The van der Waals surface area contributed by atoms with Crippen LogP contribution in [-0.2, 0) is 48.2 Å². The lowest BCUT2D eigenvalue weighted by Gasteiger charge is -2.14. The summed E-state index contributed by atoms with van der Waals surface area (Å²) in [6, 6.07) is 0. The Balaban J connectivity index is 3.03. The molecular formula is C21H27N3O9S3. The van der Waals surface area contributed by atoms with Crippen molar-refractivity contribution in [2.45, 2.75) is 58.2 Å². The summed E-state index contributed by atoms with van der Waals surface area (Å²) in [5.74, 6) is -1.61. The molecule has 0 N–H and O–H groups in total. The Kier molecular flexibility index (Phi) is 15.1. The van der Waals surface area contributed by atoms with Crippen LogP contribution in [0.5, 0.6) is 0 Å². The van der Waals surface area contributed by atoms with E-state index in [1.165, 1.54) is 16.1 Å². The third kappa shape index (κ3) is 10.8. The first-order valence-electron chi connectivity index (χ1n) is 11.0. The Morgan fingerprint density at radius 2 is 0.806 bits per heavy atom. The van der Waals surface area contributed by atoms with Crippen molar-refractivity contribution in [1.29, 1.82) is 0 Å². The molecule has 0 saturated heterocycles. The highest BCUT2D eigenvalue weighted by atomic mass is 32.1. The summed E-state index contributed by atoms with van der Waals surface area (Å²) in [5, 5.41) is 3.67. The Morgan fingerprint density at radius 1 is 0.556 bits per heavy atom. The topological polar surface area (TPSA) is 145 Å². The largest absolute Gasteiger partial charge is 0.465 e. The predicted octanol–water partition coefficient (Wildman–Crippen LogP) is 0.141. The maximum Gasteiger partial charge on any atom is 0.336 e. The molecule has 0 radical (unpaired) electrons. The van der Waals surface area contributed by atoms with E-state index in [0.717, 1.165) is 13.7 Å². The molecule has 0 spiro atoms. The van der Waals surface area contributed by atoms with Crippen molar-refractivity contribution in [3.8, 4) is 0 Å². The molecule has 0 bridgehead atoms. The monoisotopic (exact) mass is 561 g/mol. The van der Waals surface area contributed by atoms with Crippen LogP contribution in [0.4, 0.5) is 0 Å². The van der Waals surface area contributed by atoms with Gasteiger partial charge in [0.15, 0.2) is 0 Å². The van der Waals surface area contributed by atoms with Gasteiger partial charge in [0.25, 0.3) is 0 Å². The minimum atomic E-state index is -0.843. The van der Waals surface area contributed by atoms with Crippen LogP contribution in [0.2, 0.25) is 0 Å². The van der Waals surface area contributed by atoms with Crippen molar-refractivity contribution < 1.29 is 28.6 Å². The predicted molar refractivity (Wildman–Crippen MR) is 141 cm³/mol. The average molecular weight is 562 g/mol. The van der Waals surface area contributed by atoms with E-state index in [1.807, 2.05) is 0 Å². The summed E-state index contributed by atoms with van der Waals surface area (Å²) >= 11 is 13.8. The van der Waals surface area contributed by atoms with Gasteiger partial charge >= 0.3 is 35.0 Å². The Morgan fingerprint density at radius 3 is 1.03 bits per heavy atom. The lowest BCUT2D eigenvalue weighted by Crippen LogP contribution is -2.54. The zero-order valence-corrected chi connectivity index (χ0v) is 21.9. The Labute approximate surface area is 222 Å². The summed E-state index contributed by atoms with van der Waals surface area (Å²) in [6.07, 6.45) is 0.286. The molecule has 36 heavy (non-hydrogen) atoms. The second-order valence-electron chi connectivity index (χ2n) is 7.14. The number of nitrogens with zero attached hydrogens (tertiary/aromatic N) is 3. The molecule has 1 aromatic heterocycles. The molecule has 1 aromatic rings. The van der Waals surface area contributed by atoms with Crippen molar-refractivity contribution in [2.75, 3.05) is 19.8 Å². The first-order chi connectivity index (χ1) is 17.3. The number of carbonyl (C=O) groups excluding carboxylic acids is 3. The first kappa shape index (κ1) is 31.1. The van der Waals surface area contributed by atoms with Crippen LogP contribution in [-0.4, -0.2) is 67.5 Å². The van der Waals surface area contributed by atoms with E-state index in [4.69, 9.17) is 14.2 Å². The number of thiocarbonyl (C=S) groups is 3. The molecule has 1 heterocycles. The van der Waals surface area contributed by atoms with Crippen molar-refractivity contribution in [3.05, 3.63) is 31.5 Å². The summed E-state index contributed by atoms with van der Waals surface area (Å²) in [4.78, 5) is 73.0. The molecule has 0 aliphatic rings. The molecule has 12 nitrogen and oxygen atoms in total. The number of hydrogen-bond acceptors (Lipinski definition) is 12. The number of ether oxygens (including phenoxy) is 3. The van der Waals surface area contributed by atoms with Gasteiger partial charge in [0.2, 0.25) is 0 Å². The highest BCUT2D eigenvalue weighted by Crippen LogP contribution is 1.94. The van der Waals surface area contributed by atoms with Crippen molar-refractivity contribution in [2.24, 2.45) is 0 Å². The minimum Gasteiger partial charge on any atom is -0.465 e. The van der Waals surface area contributed by atoms with Gasteiger partial charge in [-0.15, -0.1) is 0 Å². The van der Waals surface area contributed by atoms with Gasteiger partial charge in [0.1, 0.15) is 0 Å². The fraction of sp³-hybridized carbons (Fsp3) is 0.571. The van der Waals surface area contributed by atoms with Crippen molar-refractivity contribution in [3.63, 3.8) is 0 Å². The van der Waals surface area contributed by atoms with Gasteiger partial charge in [-0.2, -0.15) is 0 Å². The molecule has 198 valence electrons. The average Bonchev–Trinajstić information content (AvgIpc) is 2.83. The van der Waals surface area contributed by atoms with E-state index in [0.29, 0.717) is 0 Å². The fourth-order valence-electron chi connectivity index (χ4n) is 2.86. The standard InChI is InChI=1S/C21H27N3O9S3/c25-16(4-13-34)31-10-1-7-22-19(28)23(8-2-11-32-17(26)5-14-35)21(30)24(20(22)29)9-3-12-33-18(27)6-15-36/h13-15H,1-12H2. The number of esters is 3. The molecule has 15 heteroatoms. The van der Waals surface area contributed by atoms with E-state index in [-0.39, 0.29) is 78.0 Å². The van der Waals surface area contributed by atoms with Gasteiger partial charge in [0.05, 0.1) is 39.1 Å². The maximum absolute atomic E-state index is 12.9. The van der Waals surface area contributed by atoms with Crippen molar-refractivity contribution in [1.82, 2.24) is 13.7 Å². The second kappa shape index (κ2) is 17.5. The lowest BCUT2D eigenvalue weighted by atomic mass is 10.4. The molecule has 0 unspecified atom stereocenters. The van der Waals surface area contributed by atoms with E-state index < -0.39 is 35.0 Å². The van der Waals surface area contributed by atoms with Crippen LogP contribution in [0, 0.1) is 0 Å². The highest BCUT2D eigenvalue weighted by Gasteiger charge is 2.16. The van der Waals surface area contributed by atoms with E-state index in [1.54, 1.807) is 0 Å². The van der Waals surface area contributed by atoms with Gasteiger partial charge in [0, 0.05) is 19.6 Å². The molecule has 0 atom stereocenters. The maximum atomic E-state index is 12.9. The SMILES string of the molecule is O=C(CC=S)OCCCn1c(=O)n(CCCOC(=O)CC=S)c(=O)n(CCCOC(=O)CC=S)c1=O. The number of hydrogen-bond donors (Lipinski definition) is 0. The second-order valence-corrected chi connectivity index (χ2v) is 8.14. The quantitative estimate of drug-likeness (QED) is 0.104. The molecule has 0 amide bonds. The summed E-state index contributed by atoms with van der Waals surface area (Å²) in [7, 11) is 0. The zero-order chi connectivity index (χ0) is 26.9. The summed E-state index contributed by atoms with van der Waals surface area (Å²) in [6.45, 7) is -0.516. The summed E-state index contributed by atoms with van der Waals surface area (Å²) in [5.41, 5.74) is -2.53. The summed E-state index contributed by atoms with van der Waals surface area (Å²) < 4.78 is 17.5. The van der Waals surface area contributed by atoms with Crippen LogP contribution in [0.25, 0.3) is 0 Å². The molecular weight excluding hydrogens is 534 g/mol. The normalized spacial score (nSPS) is 10.3. The van der Waals surface area contributed by atoms with E-state index >= 15 is 0 Å². The molecule has 0 aromatic carbocycles. The molecule has 0 saturated carbocycles. The highest BCUT2D eigenvalue weighted by molar-refractivity contribution is 7.79. The van der Waals surface area contributed by atoms with Gasteiger partial charge in [-0.25, -0.2) is 28.1 Å². The third-order valence-electron chi connectivity index (χ3n) is 4.50. The van der Waals surface area contributed by atoms with Crippen LogP contribution in [0.3, 0.4) is 0 Å². The molecule has 0 aliphatic heterocycles. The van der Waals surface area contributed by atoms with Crippen LogP contribution < -0.4 is 17.1 Å². The van der Waals surface area contributed by atoms with Crippen molar-refractivity contribution >= 4 is 70.7 Å². The van der Waals surface area contributed by atoms with Crippen LogP contribution in [0.1, 0.15) is 38.5 Å². The van der Waals surface area contributed by atoms with Crippen LogP contribution in [0.15, 0.2) is 14.4 Å². The fourth-order valence-corrected chi connectivity index (χ4v) is 3.27. The number of rotatable bonds is 18. The van der Waals surface area contributed by atoms with Crippen LogP contribution >= 0.6 is 36.7 Å². The molecule has 0 aliphatic carbocycles. The third-order valence-corrected chi connectivity index (χ3v) is 5.00. The zero-order valence-electron chi connectivity index (χ0n) is 19.5. The Hall–Kier alpha value is -2.91. The van der Waals surface area contributed by atoms with Gasteiger partial charge in [-0.3, -0.25) is 14.4 Å². The molecule has 0 fully saturated rings. The lowest BCUT2D eigenvalue weighted by molar-refractivity contribution is -0.143. The van der Waals surface area contributed by atoms with Gasteiger partial charge in [-0.1, -0.05) is 36.7 Å². The van der Waals surface area contributed by atoms with E-state index in [2.05, 4.69) is 36.7 Å².